The highest BCUT2D eigenvalue weighted by Crippen LogP contribution is 2.09. The second-order valence-electron chi connectivity index (χ2n) is 4.90. The minimum absolute atomic E-state index is 0.00204. The number of rotatable bonds is 6. The lowest BCUT2D eigenvalue weighted by Gasteiger charge is -2.26. The summed E-state index contributed by atoms with van der Waals surface area (Å²) in [7, 11) is 0. The molecule has 2 amide bonds. The molecule has 1 aromatic rings. The maximum absolute atomic E-state index is 12.2. The Balaban J connectivity index is 2.59. The zero-order valence-electron chi connectivity index (χ0n) is 12.1. The van der Waals surface area contributed by atoms with Gasteiger partial charge in [0.05, 0.1) is 11.9 Å². The molecule has 0 spiro atoms. The van der Waals surface area contributed by atoms with Gasteiger partial charge in [0, 0.05) is 24.7 Å². The van der Waals surface area contributed by atoms with Gasteiger partial charge in [-0.3, -0.25) is 9.78 Å². The van der Waals surface area contributed by atoms with Crippen LogP contribution in [-0.2, 0) is 4.79 Å². The van der Waals surface area contributed by atoms with Crippen molar-refractivity contribution in [1.29, 1.82) is 0 Å². The number of nitrogens with one attached hydrogen (secondary N) is 1. The van der Waals surface area contributed by atoms with Gasteiger partial charge >= 0.3 is 12.0 Å². The lowest BCUT2D eigenvalue weighted by Crippen LogP contribution is -2.40. The lowest BCUT2D eigenvalue weighted by atomic mass is 10.2. The molecule has 1 heterocycles. The van der Waals surface area contributed by atoms with Crippen molar-refractivity contribution in [2.45, 2.75) is 39.7 Å². The van der Waals surface area contributed by atoms with E-state index in [1.54, 1.807) is 17.2 Å². The van der Waals surface area contributed by atoms with Crippen molar-refractivity contribution in [3.05, 3.63) is 24.0 Å². The van der Waals surface area contributed by atoms with Crippen molar-refractivity contribution >= 4 is 17.7 Å². The van der Waals surface area contributed by atoms with Gasteiger partial charge in [-0.25, -0.2) is 4.79 Å². The minimum atomic E-state index is -0.850. The molecule has 0 unspecified atom stereocenters. The number of nitrogens with zero attached hydrogens (tertiary/aromatic N) is 2. The molecule has 6 nitrogen and oxygen atoms in total. The number of hydrogen-bond acceptors (Lipinski definition) is 3. The molecule has 1 aromatic heterocycles. The fourth-order valence-corrected chi connectivity index (χ4v) is 1.73. The molecule has 110 valence electrons. The van der Waals surface area contributed by atoms with Crippen LogP contribution in [0.4, 0.5) is 10.5 Å². The molecule has 20 heavy (non-hydrogen) atoms. The average molecular weight is 279 g/mol. The summed E-state index contributed by atoms with van der Waals surface area (Å²) in [6.07, 6.45) is 2.10. The van der Waals surface area contributed by atoms with E-state index in [0.29, 0.717) is 18.7 Å². The number of urea groups is 1. The topological polar surface area (TPSA) is 82.5 Å². The van der Waals surface area contributed by atoms with Crippen molar-refractivity contribution in [1.82, 2.24) is 9.88 Å². The van der Waals surface area contributed by atoms with E-state index in [2.05, 4.69) is 10.3 Å². The van der Waals surface area contributed by atoms with Crippen molar-refractivity contribution in [2.24, 2.45) is 0 Å². The third-order valence-corrected chi connectivity index (χ3v) is 2.84. The Labute approximate surface area is 118 Å². The highest BCUT2D eigenvalue weighted by molar-refractivity contribution is 5.89. The molecule has 0 aliphatic heterocycles. The number of amides is 2. The van der Waals surface area contributed by atoms with Crippen LogP contribution in [0.3, 0.4) is 0 Å². The number of carbonyl (C=O) groups is 2. The van der Waals surface area contributed by atoms with Gasteiger partial charge in [-0.1, -0.05) is 0 Å². The van der Waals surface area contributed by atoms with Gasteiger partial charge in [-0.2, -0.15) is 0 Å². The molecular weight excluding hydrogens is 258 g/mol. The van der Waals surface area contributed by atoms with E-state index >= 15 is 0 Å². The van der Waals surface area contributed by atoms with Gasteiger partial charge in [0.25, 0.3) is 0 Å². The molecule has 0 aromatic carbocycles. The number of aromatic nitrogens is 1. The van der Waals surface area contributed by atoms with Crippen LogP contribution >= 0.6 is 0 Å². The first kappa shape index (κ1) is 15.9. The summed E-state index contributed by atoms with van der Waals surface area (Å²) < 4.78 is 0. The van der Waals surface area contributed by atoms with Crippen molar-refractivity contribution < 1.29 is 14.7 Å². The zero-order valence-corrected chi connectivity index (χ0v) is 12.1. The normalized spacial score (nSPS) is 10.4. The standard InChI is InChI=1S/C14H21N3O3/c1-10(2)17(8-4-5-13(18)19)14(20)16-12-7-6-11(3)15-9-12/h6-7,9-10H,4-5,8H2,1-3H3,(H,16,20)(H,18,19). The molecule has 2 N–H and O–H groups in total. The Hall–Kier alpha value is -2.11. The number of aliphatic carboxylic acids is 1. The van der Waals surface area contributed by atoms with Crippen molar-refractivity contribution in [3.63, 3.8) is 0 Å². The molecule has 0 saturated heterocycles. The van der Waals surface area contributed by atoms with Crippen LogP contribution in [0.1, 0.15) is 32.4 Å². The van der Waals surface area contributed by atoms with Crippen molar-refractivity contribution in [2.75, 3.05) is 11.9 Å². The molecule has 6 heteroatoms. The third kappa shape index (κ3) is 5.26. The maximum atomic E-state index is 12.2. The van der Waals surface area contributed by atoms with E-state index in [1.807, 2.05) is 26.8 Å². The Morgan fingerprint density at radius 3 is 2.60 bits per heavy atom. The zero-order chi connectivity index (χ0) is 15.1. The first-order chi connectivity index (χ1) is 9.40. The molecule has 1 rings (SSSR count). The minimum Gasteiger partial charge on any atom is -0.481 e. The Kier molecular flexibility index (Phi) is 5.96. The molecule has 0 fully saturated rings. The van der Waals surface area contributed by atoms with Crippen LogP contribution in [0.15, 0.2) is 18.3 Å². The highest BCUT2D eigenvalue weighted by atomic mass is 16.4. The van der Waals surface area contributed by atoms with Crippen LogP contribution in [0.25, 0.3) is 0 Å². The quantitative estimate of drug-likeness (QED) is 0.838. The van der Waals surface area contributed by atoms with Crippen LogP contribution in [0.5, 0.6) is 0 Å². The SMILES string of the molecule is Cc1ccc(NC(=O)N(CCCC(=O)O)C(C)C)cn1. The van der Waals surface area contributed by atoms with E-state index < -0.39 is 5.97 Å². The fourth-order valence-electron chi connectivity index (χ4n) is 1.73. The Morgan fingerprint density at radius 2 is 2.10 bits per heavy atom. The van der Waals surface area contributed by atoms with Gasteiger partial charge < -0.3 is 15.3 Å². The van der Waals surface area contributed by atoms with Gasteiger partial charge in [0.1, 0.15) is 0 Å². The molecule has 0 aliphatic rings. The predicted octanol–water partition coefficient (Wildman–Crippen LogP) is 2.50. The third-order valence-electron chi connectivity index (χ3n) is 2.84. The number of carboxylic acid groups (broad SMARTS) is 1. The summed E-state index contributed by atoms with van der Waals surface area (Å²) in [5.41, 5.74) is 1.51. The summed E-state index contributed by atoms with van der Waals surface area (Å²) in [5.74, 6) is -0.850. The van der Waals surface area contributed by atoms with Gasteiger partial charge in [-0.05, 0) is 39.3 Å². The second-order valence-corrected chi connectivity index (χ2v) is 4.90. The largest absolute Gasteiger partial charge is 0.481 e. The monoisotopic (exact) mass is 279 g/mol. The number of anilines is 1. The Bertz CT molecular complexity index is 457. The average Bonchev–Trinajstić information content (AvgIpc) is 2.36. The van der Waals surface area contributed by atoms with E-state index in [1.165, 1.54) is 0 Å². The van der Waals surface area contributed by atoms with E-state index in [0.717, 1.165) is 5.69 Å². The van der Waals surface area contributed by atoms with Crippen LogP contribution in [-0.4, -0.2) is 39.6 Å². The van der Waals surface area contributed by atoms with Gasteiger partial charge in [-0.15, -0.1) is 0 Å². The predicted molar refractivity (Wildman–Crippen MR) is 76.7 cm³/mol. The number of pyridine rings is 1. The number of hydrogen-bond donors (Lipinski definition) is 2. The van der Waals surface area contributed by atoms with E-state index in [4.69, 9.17) is 5.11 Å². The summed E-state index contributed by atoms with van der Waals surface area (Å²) >= 11 is 0. The first-order valence-corrected chi connectivity index (χ1v) is 6.62. The van der Waals surface area contributed by atoms with Crippen LogP contribution < -0.4 is 5.32 Å². The number of carbonyl (C=O) groups excluding carboxylic acids is 1. The lowest BCUT2D eigenvalue weighted by molar-refractivity contribution is -0.137. The smallest absolute Gasteiger partial charge is 0.322 e. The molecule has 0 radical (unpaired) electrons. The second kappa shape index (κ2) is 7.47. The summed E-state index contributed by atoms with van der Waals surface area (Å²) in [6.45, 7) is 6.08. The first-order valence-electron chi connectivity index (χ1n) is 6.62. The van der Waals surface area contributed by atoms with E-state index in [-0.39, 0.29) is 18.5 Å². The Morgan fingerprint density at radius 1 is 1.40 bits per heavy atom. The fraction of sp³-hybridized carbons (Fsp3) is 0.500. The van der Waals surface area contributed by atoms with Crippen LogP contribution in [0.2, 0.25) is 0 Å². The molecule has 0 aliphatic carbocycles. The van der Waals surface area contributed by atoms with Gasteiger partial charge in [0.2, 0.25) is 0 Å². The number of carboxylic acids is 1. The van der Waals surface area contributed by atoms with E-state index in [9.17, 15) is 9.59 Å². The summed E-state index contributed by atoms with van der Waals surface area (Å²) in [4.78, 5) is 28.4. The molecule has 0 bridgehead atoms. The van der Waals surface area contributed by atoms with Gasteiger partial charge in [0.15, 0.2) is 0 Å². The summed E-state index contributed by atoms with van der Waals surface area (Å²) in [6, 6.07) is 3.37. The van der Waals surface area contributed by atoms with Crippen LogP contribution in [0, 0.1) is 6.92 Å². The molecule has 0 saturated carbocycles. The molecule has 0 atom stereocenters. The van der Waals surface area contributed by atoms with Crippen molar-refractivity contribution in [3.8, 4) is 0 Å². The maximum Gasteiger partial charge on any atom is 0.322 e. The number of aryl methyl sites for hydroxylation is 1. The highest BCUT2D eigenvalue weighted by Gasteiger charge is 2.17. The molecular formula is C14H21N3O3. The summed E-state index contributed by atoms with van der Waals surface area (Å²) in [5, 5.41) is 11.4.